The number of benzene rings is 1. The summed E-state index contributed by atoms with van der Waals surface area (Å²) in [6, 6.07) is 6.22. The lowest BCUT2D eigenvalue weighted by Crippen LogP contribution is -2.45. The monoisotopic (exact) mass is 515 g/mol. The third kappa shape index (κ3) is 5.80. The molecule has 204 valence electrons. The fourth-order valence-corrected chi connectivity index (χ4v) is 6.77. The molecular formula is C29H42FN3O4. The number of anilines is 1. The standard InChI is InChI=1S/C29H42FN3O4/c1-28(2,3)36-27(35)37-32-17-12-29(13-18-32)14-19-33(26(29)34)25-11-8-22(20-24(25)30)21-6-9-23(10-7-21)31-15-4-5-16-31/h8,11,20-21,23H,4-7,9-10,12-19H2,1-3H3. The van der Waals surface area contributed by atoms with Crippen LogP contribution in [0.5, 0.6) is 0 Å². The van der Waals surface area contributed by atoms with Crippen molar-refractivity contribution in [2.24, 2.45) is 5.41 Å². The average molecular weight is 516 g/mol. The van der Waals surface area contributed by atoms with Crippen molar-refractivity contribution in [2.75, 3.05) is 37.6 Å². The lowest BCUT2D eigenvalue weighted by Gasteiger charge is -2.36. The van der Waals surface area contributed by atoms with Gasteiger partial charge in [0.2, 0.25) is 5.91 Å². The molecule has 1 amide bonds. The van der Waals surface area contributed by atoms with E-state index < -0.39 is 17.2 Å². The molecule has 5 rings (SSSR count). The number of nitrogens with zero attached hydrogens (tertiary/aromatic N) is 3. The predicted molar refractivity (Wildman–Crippen MR) is 140 cm³/mol. The average Bonchev–Trinajstić information content (AvgIpc) is 3.49. The Kier molecular flexibility index (Phi) is 7.51. The van der Waals surface area contributed by atoms with Crippen molar-refractivity contribution < 1.29 is 23.6 Å². The second-order valence-corrected chi connectivity index (χ2v) is 12.4. The molecule has 0 aromatic heterocycles. The van der Waals surface area contributed by atoms with Crippen molar-refractivity contribution in [1.82, 2.24) is 9.96 Å². The fourth-order valence-electron chi connectivity index (χ4n) is 6.77. The highest BCUT2D eigenvalue weighted by Gasteiger charge is 2.49. The van der Waals surface area contributed by atoms with E-state index in [1.807, 2.05) is 12.1 Å². The van der Waals surface area contributed by atoms with Gasteiger partial charge in [0.1, 0.15) is 11.4 Å². The Bertz CT molecular complexity index is 987. The van der Waals surface area contributed by atoms with Gasteiger partial charge in [-0.3, -0.25) is 4.79 Å². The third-order valence-corrected chi connectivity index (χ3v) is 8.87. The van der Waals surface area contributed by atoms with Crippen LogP contribution < -0.4 is 4.90 Å². The molecule has 3 heterocycles. The van der Waals surface area contributed by atoms with Crippen molar-refractivity contribution >= 4 is 17.7 Å². The van der Waals surface area contributed by atoms with E-state index in [1.54, 1.807) is 36.8 Å². The van der Waals surface area contributed by atoms with Gasteiger partial charge in [-0.1, -0.05) is 6.07 Å². The Morgan fingerprint density at radius 3 is 2.24 bits per heavy atom. The number of carbonyl (C=O) groups excluding carboxylic acids is 2. The highest BCUT2D eigenvalue weighted by Crippen LogP contribution is 2.44. The number of hydrogen-bond donors (Lipinski definition) is 0. The van der Waals surface area contributed by atoms with Crippen LogP contribution in [0, 0.1) is 11.2 Å². The van der Waals surface area contributed by atoms with Gasteiger partial charge in [-0.15, -0.1) is 5.06 Å². The molecule has 3 saturated heterocycles. The number of hydrogen-bond acceptors (Lipinski definition) is 6. The van der Waals surface area contributed by atoms with Crippen molar-refractivity contribution in [1.29, 1.82) is 0 Å². The van der Waals surface area contributed by atoms with E-state index in [0.717, 1.165) is 18.4 Å². The van der Waals surface area contributed by atoms with Crippen LogP contribution >= 0.6 is 0 Å². The summed E-state index contributed by atoms with van der Waals surface area (Å²) in [5.74, 6) is 0.0924. The van der Waals surface area contributed by atoms with Gasteiger partial charge in [0.15, 0.2) is 0 Å². The molecule has 0 bridgehead atoms. The summed E-state index contributed by atoms with van der Waals surface area (Å²) in [6.07, 6.45) is 8.34. The first-order valence-corrected chi connectivity index (χ1v) is 14.1. The zero-order chi connectivity index (χ0) is 26.2. The summed E-state index contributed by atoms with van der Waals surface area (Å²) in [7, 11) is 0. The molecule has 1 aliphatic carbocycles. The van der Waals surface area contributed by atoms with E-state index in [1.165, 1.54) is 38.8 Å². The molecule has 1 aromatic rings. The molecule has 37 heavy (non-hydrogen) atoms. The van der Waals surface area contributed by atoms with Crippen LogP contribution in [0.3, 0.4) is 0 Å². The minimum absolute atomic E-state index is 0.0119. The van der Waals surface area contributed by atoms with E-state index in [4.69, 9.17) is 9.57 Å². The summed E-state index contributed by atoms with van der Waals surface area (Å²) in [5.41, 5.74) is 0.314. The topological polar surface area (TPSA) is 62.3 Å². The van der Waals surface area contributed by atoms with Crippen LogP contribution in [0.2, 0.25) is 0 Å². The second-order valence-electron chi connectivity index (χ2n) is 12.4. The zero-order valence-corrected chi connectivity index (χ0v) is 22.6. The number of rotatable bonds is 4. The van der Waals surface area contributed by atoms with E-state index in [9.17, 15) is 9.59 Å². The maximum atomic E-state index is 15.4. The van der Waals surface area contributed by atoms with E-state index >= 15 is 4.39 Å². The molecular weight excluding hydrogens is 473 g/mol. The van der Waals surface area contributed by atoms with Crippen LogP contribution in [-0.2, 0) is 14.4 Å². The second kappa shape index (κ2) is 10.5. The number of piperidine rings is 1. The smallest absolute Gasteiger partial charge is 0.427 e. The molecule has 0 radical (unpaired) electrons. The van der Waals surface area contributed by atoms with Crippen LogP contribution in [0.4, 0.5) is 14.9 Å². The maximum absolute atomic E-state index is 15.4. The normalized spacial score (nSPS) is 27.1. The Morgan fingerprint density at radius 2 is 1.62 bits per heavy atom. The van der Waals surface area contributed by atoms with Gasteiger partial charge in [0.05, 0.1) is 11.1 Å². The van der Waals surface area contributed by atoms with Crippen LogP contribution in [0.15, 0.2) is 18.2 Å². The summed E-state index contributed by atoms with van der Waals surface area (Å²) >= 11 is 0. The van der Waals surface area contributed by atoms with Crippen molar-refractivity contribution in [2.45, 2.75) is 96.1 Å². The molecule has 0 atom stereocenters. The van der Waals surface area contributed by atoms with Gasteiger partial charge in [-0.05, 0) is 115 Å². The van der Waals surface area contributed by atoms with Gasteiger partial charge >= 0.3 is 6.16 Å². The minimum Gasteiger partial charge on any atom is -0.427 e. The molecule has 0 N–H and O–H groups in total. The van der Waals surface area contributed by atoms with Crippen molar-refractivity contribution in [3.63, 3.8) is 0 Å². The third-order valence-electron chi connectivity index (χ3n) is 8.87. The first-order valence-electron chi connectivity index (χ1n) is 14.1. The number of halogens is 1. The number of carbonyl (C=O) groups is 2. The first-order chi connectivity index (χ1) is 17.6. The lowest BCUT2D eigenvalue weighted by molar-refractivity contribution is -0.166. The molecule has 7 nitrogen and oxygen atoms in total. The molecule has 8 heteroatoms. The van der Waals surface area contributed by atoms with Crippen LogP contribution in [0.1, 0.15) is 90.0 Å². The summed E-state index contributed by atoms with van der Waals surface area (Å²) in [5, 5.41) is 1.57. The van der Waals surface area contributed by atoms with Crippen LogP contribution in [-0.4, -0.2) is 66.4 Å². The van der Waals surface area contributed by atoms with Crippen molar-refractivity contribution in [3.8, 4) is 0 Å². The summed E-state index contributed by atoms with van der Waals surface area (Å²) < 4.78 is 20.6. The molecule has 4 fully saturated rings. The van der Waals surface area contributed by atoms with E-state index in [0.29, 0.717) is 56.5 Å². The highest BCUT2D eigenvalue weighted by molar-refractivity contribution is 6.00. The minimum atomic E-state index is -0.727. The molecule has 1 aromatic carbocycles. The number of hydroxylamine groups is 2. The molecule has 4 aliphatic rings. The molecule has 1 saturated carbocycles. The van der Waals surface area contributed by atoms with Crippen molar-refractivity contribution in [3.05, 3.63) is 29.6 Å². The Balaban J connectivity index is 1.16. The first kappa shape index (κ1) is 26.4. The Morgan fingerprint density at radius 1 is 0.973 bits per heavy atom. The number of likely N-dealkylation sites (tertiary alicyclic amines) is 1. The lowest BCUT2D eigenvalue weighted by atomic mass is 9.77. The largest absolute Gasteiger partial charge is 0.528 e. The molecule has 0 unspecified atom stereocenters. The maximum Gasteiger partial charge on any atom is 0.528 e. The number of ether oxygens (including phenoxy) is 1. The number of amides is 1. The van der Waals surface area contributed by atoms with Gasteiger partial charge in [0, 0.05) is 25.7 Å². The van der Waals surface area contributed by atoms with Crippen LogP contribution in [0.25, 0.3) is 0 Å². The van der Waals surface area contributed by atoms with Gasteiger partial charge in [-0.2, -0.15) is 0 Å². The Hall–Kier alpha value is -2.19. The Labute approximate surface area is 220 Å². The zero-order valence-electron chi connectivity index (χ0n) is 22.6. The highest BCUT2D eigenvalue weighted by atomic mass is 19.1. The van der Waals surface area contributed by atoms with Gasteiger partial charge in [-0.25, -0.2) is 9.18 Å². The SMILES string of the molecule is CC(C)(C)OC(=O)ON1CCC2(CC1)CCN(c1ccc(C3CCC(N4CCCC4)CC3)cc1F)C2=O. The quantitative estimate of drug-likeness (QED) is 0.484. The molecule has 1 spiro atoms. The van der Waals surface area contributed by atoms with E-state index in [-0.39, 0.29) is 11.7 Å². The molecule has 3 aliphatic heterocycles. The van der Waals surface area contributed by atoms with Gasteiger partial charge < -0.3 is 19.4 Å². The van der Waals surface area contributed by atoms with E-state index in [2.05, 4.69) is 4.90 Å². The fraction of sp³-hybridized carbons (Fsp3) is 0.724. The summed E-state index contributed by atoms with van der Waals surface area (Å²) in [4.78, 5) is 35.1. The summed E-state index contributed by atoms with van der Waals surface area (Å²) in [6.45, 7) is 9.27. The predicted octanol–water partition coefficient (Wildman–Crippen LogP) is 5.63. The van der Waals surface area contributed by atoms with Gasteiger partial charge in [0.25, 0.3) is 0 Å².